The van der Waals surface area contributed by atoms with Gasteiger partial charge in [-0.15, -0.1) is 0 Å². The Morgan fingerprint density at radius 1 is 1.35 bits per heavy atom. The average molecular weight is 275 g/mol. The minimum Gasteiger partial charge on any atom is -0.481 e. The molecule has 0 spiro atoms. The largest absolute Gasteiger partial charge is 0.481 e. The Labute approximate surface area is 119 Å². The zero-order valence-corrected chi connectivity index (χ0v) is 12.6. The summed E-state index contributed by atoms with van der Waals surface area (Å²) in [5, 5.41) is 7.70. The second-order valence-corrected chi connectivity index (χ2v) is 4.85. The predicted molar refractivity (Wildman–Crippen MR) is 80.4 cm³/mol. The summed E-state index contributed by atoms with van der Waals surface area (Å²) >= 11 is 0. The van der Waals surface area contributed by atoms with Crippen LogP contribution in [-0.2, 0) is 13.6 Å². The van der Waals surface area contributed by atoms with Gasteiger partial charge in [0.15, 0.2) is 0 Å². The van der Waals surface area contributed by atoms with Crippen molar-refractivity contribution in [3.63, 3.8) is 0 Å². The first kappa shape index (κ1) is 14.2. The first-order chi connectivity index (χ1) is 9.52. The van der Waals surface area contributed by atoms with Crippen LogP contribution in [0.15, 0.2) is 18.3 Å². The molecule has 108 valence electrons. The number of pyridine rings is 1. The van der Waals surface area contributed by atoms with E-state index >= 15 is 0 Å². The molecule has 2 rings (SSSR count). The molecule has 0 fully saturated rings. The Balaban J connectivity index is 2.09. The van der Waals surface area contributed by atoms with E-state index in [4.69, 9.17) is 4.74 Å². The highest BCUT2D eigenvalue weighted by Crippen LogP contribution is 2.22. The van der Waals surface area contributed by atoms with E-state index in [1.54, 1.807) is 11.8 Å². The van der Waals surface area contributed by atoms with Gasteiger partial charge in [-0.05, 0) is 19.1 Å². The molecule has 0 aliphatic heterocycles. The molecule has 6 nitrogen and oxygen atoms in total. The molecule has 2 aromatic heterocycles. The molecular weight excluding hydrogens is 254 g/mol. The Bertz CT molecular complexity index is 574. The van der Waals surface area contributed by atoms with Gasteiger partial charge in [-0.2, -0.15) is 5.10 Å². The van der Waals surface area contributed by atoms with Crippen LogP contribution >= 0.6 is 0 Å². The third-order valence-corrected chi connectivity index (χ3v) is 3.16. The first-order valence-corrected chi connectivity index (χ1v) is 6.46. The highest BCUT2D eigenvalue weighted by molar-refractivity contribution is 5.49. The number of anilines is 2. The van der Waals surface area contributed by atoms with Gasteiger partial charge in [0, 0.05) is 27.7 Å². The second kappa shape index (κ2) is 5.81. The third-order valence-electron chi connectivity index (χ3n) is 3.16. The van der Waals surface area contributed by atoms with Crippen molar-refractivity contribution in [1.29, 1.82) is 0 Å². The summed E-state index contributed by atoms with van der Waals surface area (Å²) in [6, 6.07) is 4.00. The van der Waals surface area contributed by atoms with Crippen molar-refractivity contribution >= 4 is 11.5 Å². The zero-order valence-electron chi connectivity index (χ0n) is 12.6. The SMILES string of the molecule is COc1c(CNc2ccc(N(C)C)nc2)c(C)nn1C. The summed E-state index contributed by atoms with van der Waals surface area (Å²) in [4.78, 5) is 6.34. The van der Waals surface area contributed by atoms with Crippen molar-refractivity contribution in [2.45, 2.75) is 13.5 Å². The summed E-state index contributed by atoms with van der Waals surface area (Å²) in [5.74, 6) is 1.72. The van der Waals surface area contributed by atoms with Gasteiger partial charge in [0.25, 0.3) is 0 Å². The monoisotopic (exact) mass is 275 g/mol. The van der Waals surface area contributed by atoms with Crippen LogP contribution in [0.5, 0.6) is 5.88 Å². The van der Waals surface area contributed by atoms with E-state index < -0.39 is 0 Å². The molecule has 1 N–H and O–H groups in total. The lowest BCUT2D eigenvalue weighted by Gasteiger charge is -2.12. The highest BCUT2D eigenvalue weighted by atomic mass is 16.5. The molecule has 0 atom stereocenters. The molecule has 0 aliphatic rings. The number of aryl methyl sites for hydroxylation is 2. The molecule has 0 aliphatic carbocycles. The van der Waals surface area contributed by atoms with E-state index in [1.165, 1.54) is 0 Å². The topological polar surface area (TPSA) is 55.2 Å². The molecule has 6 heteroatoms. The van der Waals surface area contributed by atoms with E-state index in [-0.39, 0.29) is 0 Å². The quantitative estimate of drug-likeness (QED) is 0.902. The van der Waals surface area contributed by atoms with E-state index in [1.807, 2.05) is 51.3 Å². The Hall–Kier alpha value is -2.24. The standard InChI is InChI=1S/C14H21N5O/c1-10-12(14(20-5)19(4)17-10)9-15-11-6-7-13(16-8-11)18(2)3/h6-8,15H,9H2,1-5H3. The van der Waals surface area contributed by atoms with Gasteiger partial charge >= 0.3 is 0 Å². The summed E-state index contributed by atoms with van der Waals surface area (Å²) in [5.41, 5.74) is 3.00. The van der Waals surface area contributed by atoms with Crippen molar-refractivity contribution in [2.75, 3.05) is 31.4 Å². The summed E-state index contributed by atoms with van der Waals surface area (Å²) in [7, 11) is 7.48. The number of ether oxygens (including phenoxy) is 1. The van der Waals surface area contributed by atoms with Crippen LogP contribution < -0.4 is 15.0 Å². The van der Waals surface area contributed by atoms with Crippen molar-refractivity contribution in [3.8, 4) is 5.88 Å². The highest BCUT2D eigenvalue weighted by Gasteiger charge is 2.13. The minimum atomic E-state index is 0.659. The fraction of sp³-hybridized carbons (Fsp3) is 0.429. The van der Waals surface area contributed by atoms with Crippen LogP contribution in [0.2, 0.25) is 0 Å². The average Bonchev–Trinajstić information content (AvgIpc) is 2.70. The number of hydrogen-bond donors (Lipinski definition) is 1. The second-order valence-electron chi connectivity index (χ2n) is 4.85. The molecule has 2 aromatic rings. The molecule has 0 amide bonds. The number of hydrogen-bond acceptors (Lipinski definition) is 5. The van der Waals surface area contributed by atoms with Gasteiger partial charge in [0.2, 0.25) is 5.88 Å². The van der Waals surface area contributed by atoms with Crippen LogP contribution in [0.3, 0.4) is 0 Å². The Kier molecular flexibility index (Phi) is 4.12. The number of nitrogens with one attached hydrogen (secondary N) is 1. The van der Waals surface area contributed by atoms with Crippen LogP contribution in [0.25, 0.3) is 0 Å². The lowest BCUT2D eigenvalue weighted by atomic mass is 10.2. The van der Waals surface area contributed by atoms with Crippen LogP contribution in [0.4, 0.5) is 11.5 Å². The fourth-order valence-electron chi connectivity index (χ4n) is 2.09. The van der Waals surface area contributed by atoms with Crippen molar-refractivity contribution < 1.29 is 4.74 Å². The summed E-state index contributed by atoms with van der Waals surface area (Å²) in [6.07, 6.45) is 1.83. The van der Waals surface area contributed by atoms with Crippen molar-refractivity contribution in [2.24, 2.45) is 7.05 Å². The number of aromatic nitrogens is 3. The van der Waals surface area contributed by atoms with Crippen molar-refractivity contribution in [1.82, 2.24) is 14.8 Å². The maximum atomic E-state index is 5.37. The van der Waals surface area contributed by atoms with E-state index in [2.05, 4.69) is 15.4 Å². The normalized spacial score (nSPS) is 10.4. The number of methoxy groups -OCH3 is 1. The molecule has 0 radical (unpaired) electrons. The van der Waals surface area contributed by atoms with Gasteiger partial charge in [-0.3, -0.25) is 0 Å². The van der Waals surface area contributed by atoms with E-state index in [9.17, 15) is 0 Å². The first-order valence-electron chi connectivity index (χ1n) is 6.46. The molecule has 0 unspecified atom stereocenters. The molecule has 2 heterocycles. The molecule has 0 bridgehead atoms. The van der Waals surface area contributed by atoms with Gasteiger partial charge in [0.1, 0.15) is 5.82 Å². The maximum Gasteiger partial charge on any atom is 0.216 e. The van der Waals surface area contributed by atoms with Gasteiger partial charge in [-0.1, -0.05) is 0 Å². The molecule has 20 heavy (non-hydrogen) atoms. The zero-order chi connectivity index (χ0) is 14.7. The smallest absolute Gasteiger partial charge is 0.216 e. The van der Waals surface area contributed by atoms with E-state index in [0.717, 1.165) is 28.6 Å². The van der Waals surface area contributed by atoms with Crippen LogP contribution in [0, 0.1) is 6.92 Å². The maximum absolute atomic E-state index is 5.37. The fourth-order valence-corrected chi connectivity index (χ4v) is 2.09. The summed E-state index contributed by atoms with van der Waals surface area (Å²) in [6.45, 7) is 2.64. The van der Waals surface area contributed by atoms with Gasteiger partial charge in [-0.25, -0.2) is 9.67 Å². The predicted octanol–water partition coefficient (Wildman–Crippen LogP) is 1.81. The molecular formula is C14H21N5O. The van der Waals surface area contributed by atoms with Crippen LogP contribution in [-0.4, -0.2) is 36.0 Å². The van der Waals surface area contributed by atoms with Gasteiger partial charge < -0.3 is 15.0 Å². The third kappa shape index (κ3) is 2.84. The molecule has 0 saturated carbocycles. The minimum absolute atomic E-state index is 0.659. The number of rotatable bonds is 5. The van der Waals surface area contributed by atoms with Crippen molar-refractivity contribution in [3.05, 3.63) is 29.6 Å². The Morgan fingerprint density at radius 2 is 2.10 bits per heavy atom. The molecule has 0 saturated heterocycles. The van der Waals surface area contributed by atoms with Gasteiger partial charge in [0.05, 0.1) is 30.3 Å². The molecule has 0 aromatic carbocycles. The van der Waals surface area contributed by atoms with E-state index in [0.29, 0.717) is 6.54 Å². The lowest BCUT2D eigenvalue weighted by Crippen LogP contribution is -2.10. The lowest BCUT2D eigenvalue weighted by molar-refractivity contribution is 0.370. The summed E-state index contributed by atoms with van der Waals surface area (Å²) < 4.78 is 7.12. The van der Waals surface area contributed by atoms with Crippen LogP contribution in [0.1, 0.15) is 11.3 Å². The number of nitrogens with zero attached hydrogens (tertiary/aromatic N) is 4. The Morgan fingerprint density at radius 3 is 2.65 bits per heavy atom.